The summed E-state index contributed by atoms with van der Waals surface area (Å²) in [5, 5.41) is 3.36. The SMILES string of the molecule is COC(=O)C1(C)CC(C2CCN(C(C)C)CC2)CCN1. The van der Waals surface area contributed by atoms with Gasteiger partial charge in [0.25, 0.3) is 0 Å². The van der Waals surface area contributed by atoms with Gasteiger partial charge >= 0.3 is 5.97 Å². The number of nitrogens with zero attached hydrogens (tertiary/aromatic N) is 1. The third kappa shape index (κ3) is 3.34. The number of carbonyl (C=O) groups excluding carboxylic acids is 1. The summed E-state index contributed by atoms with van der Waals surface area (Å²) in [6.45, 7) is 9.90. The fourth-order valence-electron chi connectivity index (χ4n) is 3.92. The van der Waals surface area contributed by atoms with Crippen molar-refractivity contribution in [3.63, 3.8) is 0 Å². The summed E-state index contributed by atoms with van der Waals surface area (Å²) < 4.78 is 4.97. The van der Waals surface area contributed by atoms with E-state index in [4.69, 9.17) is 4.74 Å². The monoisotopic (exact) mass is 282 g/mol. The third-order valence-corrected chi connectivity index (χ3v) is 5.31. The number of nitrogens with one attached hydrogen (secondary N) is 1. The van der Waals surface area contributed by atoms with E-state index in [1.165, 1.54) is 39.5 Å². The second-order valence-corrected chi connectivity index (χ2v) is 6.97. The average Bonchev–Trinajstić information content (AvgIpc) is 2.46. The third-order valence-electron chi connectivity index (χ3n) is 5.31. The molecule has 2 heterocycles. The number of hydrogen-bond donors (Lipinski definition) is 1. The number of methoxy groups -OCH3 is 1. The van der Waals surface area contributed by atoms with Crippen molar-refractivity contribution in [2.24, 2.45) is 11.8 Å². The molecule has 1 N–H and O–H groups in total. The molecule has 0 aromatic heterocycles. The highest BCUT2D eigenvalue weighted by Crippen LogP contribution is 2.36. The van der Waals surface area contributed by atoms with E-state index in [1.54, 1.807) is 0 Å². The van der Waals surface area contributed by atoms with Crippen molar-refractivity contribution in [1.29, 1.82) is 0 Å². The summed E-state index contributed by atoms with van der Waals surface area (Å²) in [5.41, 5.74) is -0.479. The van der Waals surface area contributed by atoms with E-state index < -0.39 is 5.54 Å². The molecule has 4 nitrogen and oxygen atoms in total. The molecule has 0 aromatic carbocycles. The lowest BCUT2D eigenvalue weighted by atomic mass is 9.73. The second-order valence-electron chi connectivity index (χ2n) is 6.97. The van der Waals surface area contributed by atoms with Crippen molar-refractivity contribution < 1.29 is 9.53 Å². The quantitative estimate of drug-likeness (QED) is 0.804. The maximum atomic E-state index is 12.0. The molecule has 0 aromatic rings. The molecule has 0 aliphatic carbocycles. The predicted octanol–water partition coefficient (Wildman–Crippen LogP) is 2.04. The van der Waals surface area contributed by atoms with E-state index in [9.17, 15) is 4.79 Å². The van der Waals surface area contributed by atoms with Gasteiger partial charge in [-0.15, -0.1) is 0 Å². The molecule has 2 aliphatic heterocycles. The fraction of sp³-hybridized carbons (Fsp3) is 0.938. The number of likely N-dealkylation sites (tertiary alicyclic amines) is 1. The molecule has 2 saturated heterocycles. The van der Waals surface area contributed by atoms with Gasteiger partial charge in [0.1, 0.15) is 5.54 Å². The number of piperidine rings is 2. The van der Waals surface area contributed by atoms with Crippen LogP contribution in [-0.4, -0.2) is 49.2 Å². The molecule has 0 radical (unpaired) electrons. The summed E-state index contributed by atoms with van der Waals surface area (Å²) in [6.07, 6.45) is 4.67. The summed E-state index contributed by atoms with van der Waals surface area (Å²) in [4.78, 5) is 14.5. The lowest BCUT2D eigenvalue weighted by Gasteiger charge is -2.43. The van der Waals surface area contributed by atoms with Gasteiger partial charge in [0.15, 0.2) is 0 Å². The Morgan fingerprint density at radius 1 is 1.25 bits per heavy atom. The minimum atomic E-state index is -0.479. The van der Waals surface area contributed by atoms with Crippen LogP contribution in [0.1, 0.15) is 46.5 Å². The van der Waals surface area contributed by atoms with E-state index in [0.717, 1.165) is 18.9 Å². The van der Waals surface area contributed by atoms with Gasteiger partial charge < -0.3 is 15.0 Å². The molecule has 2 unspecified atom stereocenters. The van der Waals surface area contributed by atoms with Gasteiger partial charge in [0, 0.05) is 6.04 Å². The summed E-state index contributed by atoms with van der Waals surface area (Å²) in [5.74, 6) is 1.33. The molecule has 0 spiro atoms. The van der Waals surface area contributed by atoms with Crippen molar-refractivity contribution in [2.75, 3.05) is 26.7 Å². The largest absolute Gasteiger partial charge is 0.468 e. The summed E-state index contributed by atoms with van der Waals surface area (Å²) >= 11 is 0. The maximum Gasteiger partial charge on any atom is 0.325 e. The zero-order valence-electron chi connectivity index (χ0n) is 13.4. The highest BCUT2D eigenvalue weighted by molar-refractivity contribution is 5.80. The van der Waals surface area contributed by atoms with Crippen molar-refractivity contribution in [3.05, 3.63) is 0 Å². The molecular weight excluding hydrogens is 252 g/mol. The average molecular weight is 282 g/mol. The van der Waals surface area contributed by atoms with Crippen molar-refractivity contribution in [2.45, 2.75) is 58.0 Å². The molecule has 2 atom stereocenters. The Morgan fingerprint density at radius 2 is 1.90 bits per heavy atom. The molecule has 2 aliphatic rings. The van der Waals surface area contributed by atoms with Crippen molar-refractivity contribution in [1.82, 2.24) is 10.2 Å². The van der Waals surface area contributed by atoms with E-state index in [1.807, 2.05) is 6.92 Å². The number of carbonyl (C=O) groups is 1. The Hall–Kier alpha value is -0.610. The van der Waals surface area contributed by atoms with Gasteiger partial charge in [0.05, 0.1) is 7.11 Å². The Labute approximate surface area is 123 Å². The maximum absolute atomic E-state index is 12.0. The van der Waals surface area contributed by atoms with E-state index in [-0.39, 0.29) is 5.97 Å². The van der Waals surface area contributed by atoms with Crippen LogP contribution in [0.25, 0.3) is 0 Å². The molecule has 0 saturated carbocycles. The first-order valence-electron chi connectivity index (χ1n) is 8.04. The molecule has 116 valence electrons. The Morgan fingerprint density at radius 3 is 2.45 bits per heavy atom. The van der Waals surface area contributed by atoms with Crippen molar-refractivity contribution in [3.8, 4) is 0 Å². The zero-order valence-corrected chi connectivity index (χ0v) is 13.4. The number of hydrogen-bond acceptors (Lipinski definition) is 4. The molecule has 0 amide bonds. The number of rotatable bonds is 3. The first kappa shape index (κ1) is 15.8. The first-order valence-corrected chi connectivity index (χ1v) is 8.04. The van der Waals surface area contributed by atoms with E-state index in [0.29, 0.717) is 12.0 Å². The molecule has 0 bridgehead atoms. The van der Waals surface area contributed by atoms with Crippen LogP contribution in [-0.2, 0) is 9.53 Å². The molecule has 20 heavy (non-hydrogen) atoms. The minimum absolute atomic E-state index is 0.109. The van der Waals surface area contributed by atoms with Crippen LogP contribution in [0.2, 0.25) is 0 Å². The highest BCUT2D eigenvalue weighted by Gasteiger charge is 2.42. The molecule has 2 fully saturated rings. The summed E-state index contributed by atoms with van der Waals surface area (Å²) in [7, 11) is 1.49. The Kier molecular flexibility index (Phi) is 5.08. The van der Waals surface area contributed by atoms with Crippen LogP contribution in [0.3, 0.4) is 0 Å². The van der Waals surface area contributed by atoms with Gasteiger partial charge in [-0.1, -0.05) is 0 Å². The van der Waals surface area contributed by atoms with E-state index >= 15 is 0 Å². The Bertz CT molecular complexity index is 337. The predicted molar refractivity (Wildman–Crippen MR) is 80.6 cm³/mol. The minimum Gasteiger partial charge on any atom is -0.468 e. The summed E-state index contributed by atoms with van der Waals surface area (Å²) in [6, 6.07) is 0.657. The van der Waals surface area contributed by atoms with Crippen LogP contribution in [0.5, 0.6) is 0 Å². The molecular formula is C16H30N2O2. The standard InChI is InChI=1S/C16H30N2O2/c1-12(2)18-9-6-13(7-10-18)14-5-8-17-16(3,11-14)15(19)20-4/h12-14,17H,5-11H2,1-4H3. The smallest absolute Gasteiger partial charge is 0.325 e. The van der Waals surface area contributed by atoms with Crippen LogP contribution in [0, 0.1) is 11.8 Å². The number of esters is 1. The van der Waals surface area contributed by atoms with Crippen molar-refractivity contribution >= 4 is 5.97 Å². The van der Waals surface area contributed by atoms with E-state index in [2.05, 4.69) is 24.1 Å². The van der Waals surface area contributed by atoms with Crippen LogP contribution >= 0.6 is 0 Å². The lowest BCUT2D eigenvalue weighted by molar-refractivity contribution is -0.150. The van der Waals surface area contributed by atoms with Gasteiger partial charge in [-0.25, -0.2) is 0 Å². The van der Waals surface area contributed by atoms with Crippen LogP contribution in [0.15, 0.2) is 0 Å². The second kappa shape index (κ2) is 6.44. The van der Waals surface area contributed by atoms with Gasteiger partial charge in [0.2, 0.25) is 0 Å². The number of ether oxygens (including phenoxy) is 1. The zero-order chi connectivity index (χ0) is 14.8. The molecule has 4 heteroatoms. The van der Waals surface area contributed by atoms with Gasteiger partial charge in [-0.05, 0) is 77.9 Å². The lowest BCUT2D eigenvalue weighted by Crippen LogP contribution is -2.56. The fourth-order valence-corrected chi connectivity index (χ4v) is 3.92. The highest BCUT2D eigenvalue weighted by atomic mass is 16.5. The van der Waals surface area contributed by atoms with Gasteiger partial charge in [-0.2, -0.15) is 0 Å². The topological polar surface area (TPSA) is 41.6 Å². The first-order chi connectivity index (χ1) is 9.46. The Balaban J connectivity index is 1.92. The molecule has 2 rings (SSSR count). The van der Waals surface area contributed by atoms with Crippen LogP contribution in [0.4, 0.5) is 0 Å². The normalized spacial score (nSPS) is 33.4. The van der Waals surface area contributed by atoms with Crippen LogP contribution < -0.4 is 5.32 Å². The van der Waals surface area contributed by atoms with Gasteiger partial charge in [-0.3, -0.25) is 4.79 Å².